The van der Waals surface area contributed by atoms with Gasteiger partial charge >= 0.3 is 6.09 Å². The molecule has 6 nitrogen and oxygen atoms in total. The molecule has 1 aliphatic rings. The monoisotopic (exact) mass is 353 g/mol. The van der Waals surface area contributed by atoms with Crippen LogP contribution in [-0.4, -0.2) is 52.0 Å². The molecule has 1 aromatic heterocycles. The van der Waals surface area contributed by atoms with Gasteiger partial charge in [0.25, 0.3) is 0 Å². The molecule has 1 unspecified atom stereocenters. The fourth-order valence-electron chi connectivity index (χ4n) is 2.67. The minimum absolute atomic E-state index is 0.162. The van der Waals surface area contributed by atoms with Crippen LogP contribution in [0.5, 0.6) is 5.88 Å². The van der Waals surface area contributed by atoms with E-state index in [2.05, 4.69) is 9.97 Å². The number of aromatic nitrogens is 2. The van der Waals surface area contributed by atoms with Crippen molar-refractivity contribution in [2.24, 2.45) is 0 Å². The van der Waals surface area contributed by atoms with Crippen LogP contribution < -0.4 is 4.74 Å². The standard InChI is InChI=1S/C17H27N3O3S/c1-17(2,3)23-16(21)20-11-6-5-7-13(20)9-12-22-14-8-10-18-15(19-14)24-4/h8,10,13H,5-7,9,11-12H2,1-4H3. The van der Waals surface area contributed by atoms with Crippen molar-refractivity contribution in [2.45, 2.75) is 63.3 Å². The Hall–Kier alpha value is -1.50. The molecule has 0 aromatic carbocycles. The van der Waals surface area contributed by atoms with E-state index in [1.807, 2.05) is 31.9 Å². The van der Waals surface area contributed by atoms with Gasteiger partial charge in [0.1, 0.15) is 5.60 Å². The summed E-state index contributed by atoms with van der Waals surface area (Å²) in [4.78, 5) is 22.7. The highest BCUT2D eigenvalue weighted by Gasteiger charge is 2.30. The van der Waals surface area contributed by atoms with Crippen molar-refractivity contribution in [3.8, 4) is 5.88 Å². The molecule has 2 heterocycles. The van der Waals surface area contributed by atoms with Crippen molar-refractivity contribution in [1.82, 2.24) is 14.9 Å². The lowest BCUT2D eigenvalue weighted by atomic mass is 10.0. The fourth-order valence-corrected chi connectivity index (χ4v) is 3.01. The quantitative estimate of drug-likeness (QED) is 0.593. The second kappa shape index (κ2) is 8.55. The van der Waals surface area contributed by atoms with Gasteiger partial charge in [-0.15, -0.1) is 0 Å². The number of ether oxygens (including phenoxy) is 2. The number of amides is 1. The molecular formula is C17H27N3O3S. The Bertz CT molecular complexity index is 548. The zero-order valence-corrected chi connectivity index (χ0v) is 15.8. The molecule has 1 aliphatic heterocycles. The van der Waals surface area contributed by atoms with E-state index in [9.17, 15) is 4.79 Å². The lowest BCUT2D eigenvalue weighted by Crippen LogP contribution is -2.46. The van der Waals surface area contributed by atoms with E-state index in [1.54, 1.807) is 12.3 Å². The van der Waals surface area contributed by atoms with Gasteiger partial charge < -0.3 is 14.4 Å². The molecule has 24 heavy (non-hydrogen) atoms. The summed E-state index contributed by atoms with van der Waals surface area (Å²) >= 11 is 1.48. The van der Waals surface area contributed by atoms with Gasteiger partial charge in [-0.05, 0) is 46.3 Å². The Morgan fingerprint density at radius 1 is 1.42 bits per heavy atom. The Kier molecular flexibility index (Phi) is 6.71. The third kappa shape index (κ3) is 5.85. The summed E-state index contributed by atoms with van der Waals surface area (Å²) in [6.45, 7) is 6.96. The van der Waals surface area contributed by atoms with E-state index in [0.717, 1.165) is 32.2 Å². The third-order valence-corrected chi connectivity index (χ3v) is 4.31. The molecule has 1 amide bonds. The molecule has 0 spiro atoms. The fraction of sp³-hybridized carbons (Fsp3) is 0.706. The van der Waals surface area contributed by atoms with Gasteiger partial charge in [-0.2, -0.15) is 4.98 Å². The van der Waals surface area contributed by atoms with Crippen LogP contribution in [0.3, 0.4) is 0 Å². The molecule has 0 bridgehead atoms. The Labute approximate surface area is 148 Å². The van der Waals surface area contributed by atoms with E-state index >= 15 is 0 Å². The average Bonchev–Trinajstić information content (AvgIpc) is 2.54. The lowest BCUT2D eigenvalue weighted by molar-refractivity contribution is 0.00737. The first-order valence-electron chi connectivity index (χ1n) is 8.38. The van der Waals surface area contributed by atoms with E-state index in [0.29, 0.717) is 17.6 Å². The maximum atomic E-state index is 12.4. The van der Waals surface area contributed by atoms with Gasteiger partial charge in [-0.1, -0.05) is 11.8 Å². The van der Waals surface area contributed by atoms with Crippen LogP contribution in [-0.2, 0) is 4.74 Å². The van der Waals surface area contributed by atoms with Crippen LogP contribution in [0.15, 0.2) is 17.4 Å². The second-order valence-corrected chi connectivity index (χ2v) is 7.62. The third-order valence-electron chi connectivity index (χ3n) is 3.75. The van der Waals surface area contributed by atoms with Crippen LogP contribution >= 0.6 is 11.8 Å². The van der Waals surface area contributed by atoms with E-state index in [-0.39, 0.29) is 12.1 Å². The van der Waals surface area contributed by atoms with Crippen molar-refractivity contribution in [1.29, 1.82) is 0 Å². The molecule has 1 aromatic rings. The highest BCUT2D eigenvalue weighted by atomic mass is 32.2. The average molecular weight is 353 g/mol. The molecule has 1 saturated heterocycles. The topological polar surface area (TPSA) is 64.5 Å². The van der Waals surface area contributed by atoms with E-state index in [1.165, 1.54) is 11.8 Å². The molecule has 134 valence electrons. The SMILES string of the molecule is CSc1nccc(OCCC2CCCCN2C(=O)OC(C)(C)C)n1. The second-order valence-electron chi connectivity index (χ2n) is 6.84. The zero-order chi connectivity index (χ0) is 17.6. The highest BCUT2D eigenvalue weighted by Crippen LogP contribution is 2.23. The molecule has 0 aliphatic carbocycles. The van der Waals surface area contributed by atoms with Gasteiger partial charge in [-0.3, -0.25) is 0 Å². The van der Waals surface area contributed by atoms with Crippen molar-refractivity contribution in [2.75, 3.05) is 19.4 Å². The molecule has 1 atom stereocenters. The zero-order valence-electron chi connectivity index (χ0n) is 14.9. The number of carbonyl (C=O) groups is 1. The molecule has 0 N–H and O–H groups in total. The van der Waals surface area contributed by atoms with Crippen molar-refractivity contribution in [3.05, 3.63) is 12.3 Å². The number of nitrogens with zero attached hydrogens (tertiary/aromatic N) is 3. The number of rotatable bonds is 5. The molecule has 1 fully saturated rings. The largest absolute Gasteiger partial charge is 0.477 e. The number of carbonyl (C=O) groups excluding carboxylic acids is 1. The number of piperidine rings is 1. The summed E-state index contributed by atoms with van der Waals surface area (Å²) in [6, 6.07) is 1.92. The van der Waals surface area contributed by atoms with Crippen LogP contribution in [0.1, 0.15) is 46.5 Å². The molecule has 2 rings (SSSR count). The predicted octanol–water partition coefficient (Wildman–Crippen LogP) is 3.76. The molecule has 7 heteroatoms. The minimum Gasteiger partial charge on any atom is -0.477 e. The van der Waals surface area contributed by atoms with Gasteiger partial charge in [-0.25, -0.2) is 9.78 Å². The van der Waals surface area contributed by atoms with E-state index in [4.69, 9.17) is 9.47 Å². The van der Waals surface area contributed by atoms with Crippen molar-refractivity contribution < 1.29 is 14.3 Å². The smallest absolute Gasteiger partial charge is 0.410 e. The predicted molar refractivity (Wildman–Crippen MR) is 94.5 cm³/mol. The van der Waals surface area contributed by atoms with Gasteiger partial charge in [0, 0.05) is 31.3 Å². The normalized spacial score (nSPS) is 18.3. The van der Waals surface area contributed by atoms with Crippen LogP contribution in [0.25, 0.3) is 0 Å². The Morgan fingerprint density at radius 3 is 2.92 bits per heavy atom. The van der Waals surface area contributed by atoms with Gasteiger partial charge in [0.05, 0.1) is 6.61 Å². The van der Waals surface area contributed by atoms with E-state index < -0.39 is 5.60 Å². The lowest BCUT2D eigenvalue weighted by Gasteiger charge is -2.36. The number of hydrogen-bond acceptors (Lipinski definition) is 6. The minimum atomic E-state index is -0.468. The maximum absolute atomic E-state index is 12.4. The first kappa shape index (κ1) is 18.8. The highest BCUT2D eigenvalue weighted by molar-refractivity contribution is 7.98. The van der Waals surface area contributed by atoms with Crippen LogP contribution in [0.4, 0.5) is 4.79 Å². The Balaban J connectivity index is 1.87. The molecular weight excluding hydrogens is 326 g/mol. The van der Waals surface area contributed by atoms with Crippen molar-refractivity contribution in [3.63, 3.8) is 0 Å². The summed E-state index contributed by atoms with van der Waals surface area (Å²) in [5, 5.41) is 0.695. The van der Waals surface area contributed by atoms with Gasteiger partial charge in [0.2, 0.25) is 5.88 Å². The summed E-state index contributed by atoms with van der Waals surface area (Å²) in [6.07, 6.45) is 7.33. The van der Waals surface area contributed by atoms with Crippen LogP contribution in [0.2, 0.25) is 0 Å². The first-order chi connectivity index (χ1) is 11.4. The summed E-state index contributed by atoms with van der Waals surface area (Å²) < 4.78 is 11.3. The number of hydrogen-bond donors (Lipinski definition) is 0. The summed E-state index contributed by atoms with van der Waals surface area (Å²) in [5.74, 6) is 0.578. The summed E-state index contributed by atoms with van der Waals surface area (Å²) in [5.41, 5.74) is -0.468. The van der Waals surface area contributed by atoms with Crippen molar-refractivity contribution >= 4 is 17.9 Å². The number of likely N-dealkylation sites (tertiary alicyclic amines) is 1. The molecule has 0 radical (unpaired) electrons. The maximum Gasteiger partial charge on any atom is 0.410 e. The first-order valence-corrected chi connectivity index (χ1v) is 9.61. The molecule has 0 saturated carbocycles. The summed E-state index contributed by atoms with van der Waals surface area (Å²) in [7, 11) is 0. The van der Waals surface area contributed by atoms with Gasteiger partial charge in [0.15, 0.2) is 5.16 Å². The number of thioether (sulfide) groups is 1. The Morgan fingerprint density at radius 2 is 2.21 bits per heavy atom. The van der Waals surface area contributed by atoms with Crippen LogP contribution in [0, 0.1) is 0 Å².